The molecule has 0 aromatic heterocycles. The van der Waals surface area contributed by atoms with Crippen LogP contribution in [0.4, 0.5) is 10.1 Å². The Hall–Kier alpha value is -1.38. The fourth-order valence-electron chi connectivity index (χ4n) is 1.92. The summed E-state index contributed by atoms with van der Waals surface area (Å²) in [6, 6.07) is 4.92. The first kappa shape index (κ1) is 12.7. The van der Waals surface area contributed by atoms with Gasteiger partial charge in [-0.3, -0.25) is 4.79 Å². The van der Waals surface area contributed by atoms with Gasteiger partial charge in [0.05, 0.1) is 5.69 Å². The zero-order valence-corrected chi connectivity index (χ0v) is 10.0. The smallest absolute Gasteiger partial charge is 0.150 e. The van der Waals surface area contributed by atoms with Gasteiger partial charge in [-0.2, -0.15) is 0 Å². The number of benzene rings is 1. The molecule has 0 fully saturated rings. The summed E-state index contributed by atoms with van der Waals surface area (Å²) in [5.41, 5.74) is 0.929. The average molecular weight is 223 g/mol. The van der Waals surface area contributed by atoms with Crippen LogP contribution in [0.2, 0.25) is 0 Å². The van der Waals surface area contributed by atoms with E-state index in [2.05, 4.69) is 13.8 Å². The van der Waals surface area contributed by atoms with Crippen LogP contribution >= 0.6 is 0 Å². The minimum atomic E-state index is -0.334. The van der Waals surface area contributed by atoms with Crippen molar-refractivity contribution in [3.63, 3.8) is 0 Å². The molecular formula is C13H18FNO. The Morgan fingerprint density at radius 2 is 2.00 bits per heavy atom. The van der Waals surface area contributed by atoms with Crippen LogP contribution in [-0.2, 0) is 0 Å². The maximum Gasteiger partial charge on any atom is 0.150 e. The zero-order chi connectivity index (χ0) is 12.1. The summed E-state index contributed by atoms with van der Waals surface area (Å²) in [6.45, 7) is 4.17. The van der Waals surface area contributed by atoms with Crippen LogP contribution in [0, 0.1) is 5.82 Å². The van der Waals surface area contributed by atoms with Crippen molar-refractivity contribution in [3.8, 4) is 0 Å². The molecule has 0 atom stereocenters. The minimum absolute atomic E-state index is 0.330. The van der Waals surface area contributed by atoms with E-state index in [1.165, 1.54) is 6.07 Å². The largest absolute Gasteiger partial charge is 0.369 e. The topological polar surface area (TPSA) is 20.3 Å². The van der Waals surface area contributed by atoms with E-state index >= 15 is 0 Å². The molecule has 0 bridgehead atoms. The Bertz CT molecular complexity index is 361. The molecule has 88 valence electrons. The van der Waals surface area contributed by atoms with Gasteiger partial charge in [0.15, 0.2) is 0 Å². The molecule has 3 heteroatoms. The highest BCUT2D eigenvalue weighted by molar-refractivity contribution is 5.76. The monoisotopic (exact) mass is 223 g/mol. The van der Waals surface area contributed by atoms with Gasteiger partial charge in [-0.15, -0.1) is 0 Å². The Balaban J connectivity index is 2.99. The number of halogens is 1. The van der Waals surface area contributed by atoms with E-state index in [1.807, 2.05) is 11.9 Å². The summed E-state index contributed by atoms with van der Waals surface area (Å²) in [6.07, 6.45) is 2.60. The SMILES string of the molecule is CCC(CC)N(C)c1ccc(C=O)cc1F. The standard InChI is InChI=1S/C13H18FNO/c1-4-11(5-2)15(3)13-7-6-10(9-16)8-12(13)14/h6-9,11H,4-5H2,1-3H3. The van der Waals surface area contributed by atoms with Crippen LogP contribution in [0.15, 0.2) is 18.2 Å². The normalized spacial score (nSPS) is 10.6. The van der Waals surface area contributed by atoms with Crippen molar-refractivity contribution in [2.75, 3.05) is 11.9 Å². The van der Waals surface area contributed by atoms with E-state index in [4.69, 9.17) is 0 Å². The summed E-state index contributed by atoms with van der Waals surface area (Å²) in [5, 5.41) is 0. The van der Waals surface area contributed by atoms with E-state index in [1.54, 1.807) is 12.1 Å². The van der Waals surface area contributed by atoms with Gasteiger partial charge in [-0.25, -0.2) is 4.39 Å². The van der Waals surface area contributed by atoms with Crippen LogP contribution in [-0.4, -0.2) is 19.4 Å². The molecule has 0 aliphatic carbocycles. The molecule has 16 heavy (non-hydrogen) atoms. The van der Waals surface area contributed by atoms with Gasteiger partial charge in [0.25, 0.3) is 0 Å². The zero-order valence-electron chi connectivity index (χ0n) is 10.0. The van der Waals surface area contributed by atoms with Crippen molar-refractivity contribution < 1.29 is 9.18 Å². The molecule has 1 rings (SSSR count). The second kappa shape index (κ2) is 5.64. The predicted molar refractivity (Wildman–Crippen MR) is 64.6 cm³/mol. The van der Waals surface area contributed by atoms with Crippen molar-refractivity contribution in [2.24, 2.45) is 0 Å². The Kier molecular flexibility index (Phi) is 4.47. The lowest BCUT2D eigenvalue weighted by atomic mass is 10.1. The molecule has 0 aliphatic rings. The summed E-state index contributed by atoms with van der Waals surface area (Å²) < 4.78 is 13.7. The number of hydrogen-bond acceptors (Lipinski definition) is 2. The second-order valence-electron chi connectivity index (χ2n) is 3.91. The van der Waals surface area contributed by atoms with Crippen LogP contribution in [0.1, 0.15) is 37.0 Å². The molecule has 0 amide bonds. The first-order chi connectivity index (χ1) is 7.63. The molecule has 0 spiro atoms. The van der Waals surface area contributed by atoms with Gasteiger partial charge in [-0.1, -0.05) is 13.8 Å². The number of carbonyl (C=O) groups excluding carboxylic acids is 1. The third-order valence-electron chi connectivity index (χ3n) is 2.98. The van der Waals surface area contributed by atoms with Crippen LogP contribution in [0.25, 0.3) is 0 Å². The number of aldehydes is 1. The Labute approximate surface area is 96.1 Å². The van der Waals surface area contributed by atoms with Crippen LogP contribution in [0.5, 0.6) is 0 Å². The second-order valence-corrected chi connectivity index (χ2v) is 3.91. The first-order valence-corrected chi connectivity index (χ1v) is 5.61. The lowest BCUT2D eigenvalue weighted by molar-refractivity contribution is 0.112. The van der Waals surface area contributed by atoms with Gasteiger partial charge < -0.3 is 4.90 Å². The van der Waals surface area contributed by atoms with Crippen LogP contribution in [0.3, 0.4) is 0 Å². The van der Waals surface area contributed by atoms with Crippen molar-refractivity contribution in [1.82, 2.24) is 0 Å². The number of anilines is 1. The Morgan fingerprint density at radius 3 is 2.44 bits per heavy atom. The quantitative estimate of drug-likeness (QED) is 0.714. The van der Waals surface area contributed by atoms with Gasteiger partial charge in [0.2, 0.25) is 0 Å². The van der Waals surface area contributed by atoms with E-state index in [0.717, 1.165) is 12.8 Å². The number of rotatable bonds is 5. The van der Waals surface area contributed by atoms with E-state index in [9.17, 15) is 9.18 Å². The predicted octanol–water partition coefficient (Wildman–Crippen LogP) is 3.26. The van der Waals surface area contributed by atoms with E-state index < -0.39 is 0 Å². The summed E-state index contributed by atoms with van der Waals surface area (Å²) in [7, 11) is 1.89. The Morgan fingerprint density at radius 1 is 1.38 bits per heavy atom. The molecule has 0 unspecified atom stereocenters. The third kappa shape index (κ3) is 2.60. The van der Waals surface area contributed by atoms with E-state index in [0.29, 0.717) is 23.6 Å². The number of nitrogens with zero attached hydrogens (tertiary/aromatic N) is 1. The van der Waals surface area contributed by atoms with Gasteiger partial charge in [0, 0.05) is 18.7 Å². The summed E-state index contributed by atoms with van der Waals surface area (Å²) >= 11 is 0. The maximum atomic E-state index is 13.7. The summed E-state index contributed by atoms with van der Waals surface area (Å²) in [5.74, 6) is -0.334. The molecule has 2 nitrogen and oxygen atoms in total. The molecule has 1 aromatic rings. The molecule has 0 N–H and O–H groups in total. The van der Waals surface area contributed by atoms with Gasteiger partial charge in [-0.05, 0) is 31.0 Å². The highest BCUT2D eigenvalue weighted by Gasteiger charge is 2.14. The number of hydrogen-bond donors (Lipinski definition) is 0. The molecule has 0 saturated carbocycles. The third-order valence-corrected chi connectivity index (χ3v) is 2.98. The highest BCUT2D eigenvalue weighted by atomic mass is 19.1. The molecular weight excluding hydrogens is 205 g/mol. The molecule has 0 aliphatic heterocycles. The first-order valence-electron chi connectivity index (χ1n) is 5.61. The van der Waals surface area contributed by atoms with Crippen LogP contribution < -0.4 is 4.90 Å². The minimum Gasteiger partial charge on any atom is -0.369 e. The molecule has 0 radical (unpaired) electrons. The molecule has 1 aromatic carbocycles. The van der Waals surface area contributed by atoms with Crippen molar-refractivity contribution in [3.05, 3.63) is 29.6 Å². The van der Waals surface area contributed by atoms with Crippen molar-refractivity contribution in [1.29, 1.82) is 0 Å². The fourth-order valence-corrected chi connectivity index (χ4v) is 1.92. The van der Waals surface area contributed by atoms with Gasteiger partial charge >= 0.3 is 0 Å². The van der Waals surface area contributed by atoms with Crippen molar-refractivity contribution >= 4 is 12.0 Å². The number of carbonyl (C=O) groups is 1. The lowest BCUT2D eigenvalue weighted by Crippen LogP contribution is -2.31. The lowest BCUT2D eigenvalue weighted by Gasteiger charge is -2.28. The average Bonchev–Trinajstić information content (AvgIpc) is 2.30. The summed E-state index contributed by atoms with van der Waals surface area (Å²) in [4.78, 5) is 12.4. The maximum absolute atomic E-state index is 13.7. The fraction of sp³-hybridized carbons (Fsp3) is 0.462. The molecule has 0 heterocycles. The van der Waals surface area contributed by atoms with Crippen molar-refractivity contribution in [2.45, 2.75) is 32.7 Å². The van der Waals surface area contributed by atoms with Gasteiger partial charge in [0.1, 0.15) is 12.1 Å². The highest BCUT2D eigenvalue weighted by Crippen LogP contribution is 2.22. The van der Waals surface area contributed by atoms with E-state index in [-0.39, 0.29) is 5.82 Å². The molecule has 0 saturated heterocycles.